The van der Waals surface area contributed by atoms with Crippen LogP contribution in [0.3, 0.4) is 0 Å². The summed E-state index contributed by atoms with van der Waals surface area (Å²) >= 11 is 0. The van der Waals surface area contributed by atoms with Gasteiger partial charge in [-0.1, -0.05) is 18.2 Å². The first-order valence-electron chi connectivity index (χ1n) is 8.26. The summed E-state index contributed by atoms with van der Waals surface area (Å²) in [5.74, 6) is 1.50. The second kappa shape index (κ2) is 7.31. The molecule has 2 aromatic rings. The van der Waals surface area contributed by atoms with Crippen LogP contribution in [0.25, 0.3) is 0 Å². The number of benzene rings is 1. The Morgan fingerprint density at radius 3 is 2.48 bits per heavy atom. The van der Waals surface area contributed by atoms with Gasteiger partial charge in [-0.05, 0) is 38.8 Å². The molecule has 5 nitrogen and oxygen atoms in total. The fraction of sp³-hybridized carbons (Fsp3) is 0.444. The Balaban J connectivity index is 1.61. The molecule has 1 aliphatic rings. The van der Waals surface area contributed by atoms with Crippen molar-refractivity contribution in [2.24, 2.45) is 0 Å². The number of piperidine rings is 1. The number of hydrogen-bond donors (Lipinski definition) is 1. The van der Waals surface area contributed by atoms with Crippen LogP contribution in [0.15, 0.2) is 42.7 Å². The molecule has 1 aliphatic heterocycles. The Labute approximate surface area is 137 Å². The van der Waals surface area contributed by atoms with Crippen molar-refractivity contribution in [2.45, 2.75) is 38.8 Å². The second-order valence-corrected chi connectivity index (χ2v) is 6.12. The SMILES string of the molecule is CC(C)Oc1nccnc1N1CCC(Nc2ccccc2)CC1. The van der Waals surface area contributed by atoms with Crippen LogP contribution >= 0.6 is 0 Å². The van der Waals surface area contributed by atoms with Crippen LogP contribution in [0.1, 0.15) is 26.7 Å². The Kier molecular flexibility index (Phi) is 4.95. The van der Waals surface area contributed by atoms with E-state index in [0.29, 0.717) is 11.9 Å². The van der Waals surface area contributed by atoms with E-state index in [2.05, 4.69) is 44.5 Å². The molecule has 3 rings (SSSR count). The van der Waals surface area contributed by atoms with Crippen LogP contribution in [-0.4, -0.2) is 35.2 Å². The Morgan fingerprint density at radius 1 is 1.09 bits per heavy atom. The van der Waals surface area contributed by atoms with Gasteiger partial charge in [0.05, 0.1) is 6.10 Å². The summed E-state index contributed by atoms with van der Waals surface area (Å²) in [6.07, 6.45) is 5.67. The zero-order valence-corrected chi connectivity index (χ0v) is 13.8. The van der Waals surface area contributed by atoms with E-state index >= 15 is 0 Å². The van der Waals surface area contributed by atoms with Gasteiger partial charge >= 0.3 is 0 Å². The zero-order chi connectivity index (χ0) is 16.1. The van der Waals surface area contributed by atoms with Crippen LogP contribution in [-0.2, 0) is 0 Å². The van der Waals surface area contributed by atoms with Gasteiger partial charge in [0, 0.05) is 37.2 Å². The third-order valence-electron chi connectivity index (χ3n) is 3.93. The smallest absolute Gasteiger partial charge is 0.257 e. The third-order valence-corrected chi connectivity index (χ3v) is 3.93. The molecule has 0 radical (unpaired) electrons. The van der Waals surface area contributed by atoms with E-state index in [0.717, 1.165) is 31.7 Å². The molecule has 1 aromatic carbocycles. The van der Waals surface area contributed by atoms with Gasteiger partial charge < -0.3 is 15.0 Å². The van der Waals surface area contributed by atoms with E-state index < -0.39 is 0 Å². The van der Waals surface area contributed by atoms with Crippen LogP contribution in [0, 0.1) is 0 Å². The molecule has 0 saturated carbocycles. The normalized spacial score (nSPS) is 15.7. The fourth-order valence-electron chi connectivity index (χ4n) is 2.85. The standard InChI is InChI=1S/C18H24N4O/c1-14(2)23-18-17(19-10-11-20-18)22-12-8-16(9-13-22)21-15-6-4-3-5-7-15/h3-7,10-11,14,16,21H,8-9,12-13H2,1-2H3. The van der Waals surface area contributed by atoms with E-state index in [1.807, 2.05) is 19.9 Å². The molecule has 0 amide bonds. The first-order valence-corrected chi connectivity index (χ1v) is 8.26. The predicted molar refractivity (Wildman–Crippen MR) is 93.1 cm³/mol. The van der Waals surface area contributed by atoms with Crippen LogP contribution in [0.2, 0.25) is 0 Å². The van der Waals surface area contributed by atoms with Crippen molar-refractivity contribution in [1.82, 2.24) is 9.97 Å². The van der Waals surface area contributed by atoms with Gasteiger partial charge in [0.1, 0.15) is 0 Å². The first-order chi connectivity index (χ1) is 11.2. The fourth-order valence-corrected chi connectivity index (χ4v) is 2.85. The minimum absolute atomic E-state index is 0.0998. The lowest BCUT2D eigenvalue weighted by atomic mass is 10.0. The molecule has 122 valence electrons. The monoisotopic (exact) mass is 312 g/mol. The van der Waals surface area contributed by atoms with Crippen LogP contribution in [0.5, 0.6) is 5.88 Å². The molecule has 2 heterocycles. The van der Waals surface area contributed by atoms with Crippen LogP contribution in [0.4, 0.5) is 11.5 Å². The molecule has 5 heteroatoms. The van der Waals surface area contributed by atoms with Crippen LogP contribution < -0.4 is 15.0 Å². The summed E-state index contributed by atoms with van der Waals surface area (Å²) in [5.41, 5.74) is 1.19. The highest BCUT2D eigenvalue weighted by atomic mass is 16.5. The Morgan fingerprint density at radius 2 is 1.78 bits per heavy atom. The number of para-hydroxylation sites is 1. The summed E-state index contributed by atoms with van der Waals surface area (Å²) in [6, 6.07) is 10.9. The average molecular weight is 312 g/mol. The van der Waals surface area contributed by atoms with Gasteiger partial charge in [-0.25, -0.2) is 9.97 Å². The lowest BCUT2D eigenvalue weighted by molar-refractivity contribution is 0.231. The highest BCUT2D eigenvalue weighted by Gasteiger charge is 2.23. The Hall–Kier alpha value is -2.30. The number of hydrogen-bond acceptors (Lipinski definition) is 5. The molecule has 1 fully saturated rings. The molecule has 1 saturated heterocycles. The van der Waals surface area contributed by atoms with Crippen molar-refractivity contribution < 1.29 is 4.74 Å². The molecule has 0 spiro atoms. The second-order valence-electron chi connectivity index (χ2n) is 6.12. The molecule has 23 heavy (non-hydrogen) atoms. The van der Waals surface area contributed by atoms with E-state index in [1.54, 1.807) is 12.4 Å². The lowest BCUT2D eigenvalue weighted by Gasteiger charge is -2.34. The van der Waals surface area contributed by atoms with Gasteiger partial charge in [-0.3, -0.25) is 0 Å². The van der Waals surface area contributed by atoms with Crippen molar-refractivity contribution in [3.8, 4) is 5.88 Å². The summed E-state index contributed by atoms with van der Waals surface area (Å²) in [4.78, 5) is 11.1. The molecule has 1 aromatic heterocycles. The van der Waals surface area contributed by atoms with Crippen molar-refractivity contribution in [3.05, 3.63) is 42.7 Å². The van der Waals surface area contributed by atoms with E-state index in [4.69, 9.17) is 4.74 Å². The Bertz CT molecular complexity index is 609. The van der Waals surface area contributed by atoms with Gasteiger partial charge in [-0.2, -0.15) is 0 Å². The molecular formula is C18H24N4O. The summed E-state index contributed by atoms with van der Waals surface area (Å²) < 4.78 is 5.79. The van der Waals surface area contributed by atoms with Gasteiger partial charge in [-0.15, -0.1) is 0 Å². The summed E-state index contributed by atoms with van der Waals surface area (Å²) in [5, 5.41) is 3.61. The summed E-state index contributed by atoms with van der Waals surface area (Å²) in [6.45, 7) is 5.93. The number of anilines is 2. The number of aromatic nitrogens is 2. The van der Waals surface area contributed by atoms with E-state index in [9.17, 15) is 0 Å². The number of nitrogens with zero attached hydrogens (tertiary/aromatic N) is 3. The molecule has 0 unspecified atom stereocenters. The van der Waals surface area contributed by atoms with Crippen molar-refractivity contribution >= 4 is 11.5 Å². The maximum Gasteiger partial charge on any atom is 0.257 e. The molecule has 0 atom stereocenters. The quantitative estimate of drug-likeness (QED) is 0.917. The largest absolute Gasteiger partial charge is 0.472 e. The first kappa shape index (κ1) is 15.6. The van der Waals surface area contributed by atoms with E-state index in [1.165, 1.54) is 5.69 Å². The van der Waals surface area contributed by atoms with Crippen molar-refractivity contribution in [3.63, 3.8) is 0 Å². The maximum atomic E-state index is 5.79. The third kappa shape index (κ3) is 4.12. The minimum Gasteiger partial charge on any atom is -0.472 e. The van der Waals surface area contributed by atoms with E-state index in [-0.39, 0.29) is 6.10 Å². The summed E-state index contributed by atoms with van der Waals surface area (Å²) in [7, 11) is 0. The number of rotatable bonds is 5. The highest BCUT2D eigenvalue weighted by molar-refractivity contribution is 5.49. The predicted octanol–water partition coefficient (Wildman–Crippen LogP) is 3.34. The average Bonchev–Trinajstić information content (AvgIpc) is 2.57. The van der Waals surface area contributed by atoms with Gasteiger partial charge in [0.25, 0.3) is 5.88 Å². The van der Waals surface area contributed by atoms with Crippen molar-refractivity contribution in [2.75, 3.05) is 23.3 Å². The zero-order valence-electron chi connectivity index (χ0n) is 13.8. The highest BCUT2D eigenvalue weighted by Crippen LogP contribution is 2.27. The minimum atomic E-state index is 0.0998. The molecule has 0 aliphatic carbocycles. The molecule has 0 bridgehead atoms. The van der Waals surface area contributed by atoms with Crippen molar-refractivity contribution in [1.29, 1.82) is 0 Å². The number of nitrogens with one attached hydrogen (secondary N) is 1. The van der Waals surface area contributed by atoms with Gasteiger partial charge in [0.15, 0.2) is 5.82 Å². The van der Waals surface area contributed by atoms with Gasteiger partial charge in [0.2, 0.25) is 0 Å². The number of ether oxygens (including phenoxy) is 1. The molecule has 1 N–H and O–H groups in total. The topological polar surface area (TPSA) is 50.3 Å². The lowest BCUT2D eigenvalue weighted by Crippen LogP contribution is -2.39. The maximum absolute atomic E-state index is 5.79. The molecular weight excluding hydrogens is 288 g/mol.